The predicted molar refractivity (Wildman–Crippen MR) is 54.5 cm³/mol. The van der Waals surface area contributed by atoms with Crippen molar-refractivity contribution in [1.82, 2.24) is 0 Å². The van der Waals surface area contributed by atoms with Crippen LogP contribution in [-0.2, 0) is 0 Å². The molecule has 1 aromatic heterocycles. The van der Waals surface area contributed by atoms with Crippen molar-refractivity contribution < 1.29 is 14.3 Å². The zero-order valence-corrected chi connectivity index (χ0v) is 8.12. The Labute approximate surface area is 88.7 Å². The maximum absolute atomic E-state index is 11.6. The lowest BCUT2D eigenvalue weighted by Crippen LogP contribution is -2.09. The third-order valence-electron chi connectivity index (χ3n) is 1.94. The van der Waals surface area contributed by atoms with Crippen LogP contribution in [0.3, 0.4) is 0 Å². The fourth-order valence-corrected chi connectivity index (χ4v) is 1.48. The number of aromatic carboxylic acids is 1. The largest absolute Gasteiger partial charge is 0.475 e. The van der Waals surface area contributed by atoms with E-state index in [-0.39, 0.29) is 11.0 Å². The maximum Gasteiger partial charge on any atom is 0.373 e. The van der Waals surface area contributed by atoms with Crippen molar-refractivity contribution >= 4 is 28.5 Å². The van der Waals surface area contributed by atoms with Gasteiger partial charge in [0.25, 0.3) is 0 Å². The van der Waals surface area contributed by atoms with E-state index >= 15 is 0 Å². The van der Waals surface area contributed by atoms with Crippen molar-refractivity contribution in [2.24, 2.45) is 0 Å². The quantitative estimate of drug-likeness (QED) is 0.806. The summed E-state index contributed by atoms with van der Waals surface area (Å²) in [6.45, 7) is 0. The number of para-hydroxylation sites is 1. The standard InChI is InChI=1S/C10H5ClO4/c11-7-8(12)5-3-1-2-4-6(5)15-9(7)10(13)14/h1-4H,(H,13,14). The van der Waals surface area contributed by atoms with E-state index in [1.165, 1.54) is 12.1 Å². The minimum absolute atomic E-state index is 0.212. The number of halogens is 1. The van der Waals surface area contributed by atoms with E-state index in [0.29, 0.717) is 0 Å². The fraction of sp³-hybridized carbons (Fsp3) is 0. The van der Waals surface area contributed by atoms with Crippen LogP contribution in [0.5, 0.6) is 0 Å². The van der Waals surface area contributed by atoms with Crippen molar-refractivity contribution in [2.45, 2.75) is 0 Å². The van der Waals surface area contributed by atoms with Crippen LogP contribution in [0.4, 0.5) is 0 Å². The molecule has 0 saturated carbocycles. The zero-order chi connectivity index (χ0) is 11.0. The molecular weight excluding hydrogens is 220 g/mol. The molecule has 0 aliphatic heterocycles. The number of carboxylic acids is 1. The Hall–Kier alpha value is -1.81. The summed E-state index contributed by atoms with van der Waals surface area (Å²) in [7, 11) is 0. The van der Waals surface area contributed by atoms with Crippen LogP contribution in [0.2, 0.25) is 5.02 Å². The molecule has 0 atom stereocenters. The molecule has 1 N–H and O–H groups in total. The SMILES string of the molecule is O=C(O)c1oc2ccccc2c(=O)c1Cl. The summed E-state index contributed by atoms with van der Waals surface area (Å²) in [5.41, 5.74) is -0.319. The molecule has 0 amide bonds. The van der Waals surface area contributed by atoms with E-state index < -0.39 is 22.2 Å². The molecule has 4 nitrogen and oxygen atoms in total. The molecule has 0 unspecified atom stereocenters. The number of benzene rings is 1. The maximum atomic E-state index is 11.6. The van der Waals surface area contributed by atoms with Gasteiger partial charge < -0.3 is 9.52 Å². The van der Waals surface area contributed by atoms with Crippen LogP contribution in [-0.4, -0.2) is 11.1 Å². The smallest absolute Gasteiger partial charge is 0.373 e. The van der Waals surface area contributed by atoms with Crippen molar-refractivity contribution in [3.63, 3.8) is 0 Å². The predicted octanol–water partition coefficient (Wildman–Crippen LogP) is 2.14. The Balaban J connectivity index is 2.95. The van der Waals surface area contributed by atoms with E-state index in [1.807, 2.05) is 0 Å². The molecule has 76 valence electrons. The Morgan fingerprint density at radius 1 is 1.33 bits per heavy atom. The fourth-order valence-electron chi connectivity index (χ4n) is 1.26. The molecule has 0 bridgehead atoms. The summed E-state index contributed by atoms with van der Waals surface area (Å²) in [4.78, 5) is 22.3. The lowest BCUT2D eigenvalue weighted by Gasteiger charge is -2.00. The number of hydrogen-bond acceptors (Lipinski definition) is 3. The van der Waals surface area contributed by atoms with Gasteiger partial charge in [-0.05, 0) is 12.1 Å². The number of fused-ring (bicyclic) bond motifs is 1. The van der Waals surface area contributed by atoms with Gasteiger partial charge in [0.05, 0.1) is 5.39 Å². The number of rotatable bonds is 1. The third kappa shape index (κ3) is 1.49. The molecule has 0 aliphatic rings. The first kappa shape index (κ1) is 9.73. The molecule has 5 heteroatoms. The highest BCUT2D eigenvalue weighted by Crippen LogP contribution is 2.18. The third-order valence-corrected chi connectivity index (χ3v) is 2.28. The first-order chi connectivity index (χ1) is 7.11. The van der Waals surface area contributed by atoms with Crippen molar-refractivity contribution in [3.05, 3.63) is 45.3 Å². The van der Waals surface area contributed by atoms with Crippen molar-refractivity contribution in [2.75, 3.05) is 0 Å². The highest BCUT2D eigenvalue weighted by atomic mass is 35.5. The molecule has 1 aromatic carbocycles. The summed E-state index contributed by atoms with van der Waals surface area (Å²) in [5.74, 6) is -1.89. The van der Waals surface area contributed by atoms with Crippen LogP contribution >= 0.6 is 11.6 Å². The molecule has 15 heavy (non-hydrogen) atoms. The van der Waals surface area contributed by atoms with Crippen LogP contribution in [0, 0.1) is 0 Å². The summed E-state index contributed by atoms with van der Waals surface area (Å²) >= 11 is 5.58. The second kappa shape index (κ2) is 3.40. The minimum Gasteiger partial charge on any atom is -0.475 e. The Bertz CT molecular complexity index is 600. The normalized spacial score (nSPS) is 10.5. The van der Waals surface area contributed by atoms with E-state index in [4.69, 9.17) is 21.1 Å². The highest BCUT2D eigenvalue weighted by molar-refractivity contribution is 6.33. The lowest BCUT2D eigenvalue weighted by atomic mass is 10.2. The Kier molecular flexibility index (Phi) is 2.21. The summed E-state index contributed by atoms with van der Waals surface area (Å²) in [5, 5.41) is 8.60. The molecule has 0 radical (unpaired) electrons. The molecule has 0 aliphatic carbocycles. The summed E-state index contributed by atoms with van der Waals surface area (Å²) < 4.78 is 5.00. The number of carbonyl (C=O) groups is 1. The zero-order valence-electron chi connectivity index (χ0n) is 7.36. The van der Waals surface area contributed by atoms with Gasteiger partial charge in [-0.15, -0.1) is 0 Å². The van der Waals surface area contributed by atoms with Crippen LogP contribution < -0.4 is 5.43 Å². The monoisotopic (exact) mass is 224 g/mol. The lowest BCUT2D eigenvalue weighted by molar-refractivity contribution is 0.0663. The minimum atomic E-state index is -1.36. The van der Waals surface area contributed by atoms with E-state index in [2.05, 4.69) is 0 Å². The van der Waals surface area contributed by atoms with Gasteiger partial charge in [0.2, 0.25) is 11.2 Å². The molecule has 2 rings (SSSR count). The Morgan fingerprint density at radius 3 is 2.67 bits per heavy atom. The van der Waals surface area contributed by atoms with Gasteiger partial charge in [0.1, 0.15) is 10.6 Å². The van der Waals surface area contributed by atoms with Gasteiger partial charge in [-0.3, -0.25) is 4.79 Å². The molecule has 1 heterocycles. The second-order valence-corrected chi connectivity index (χ2v) is 3.25. The summed E-state index contributed by atoms with van der Waals surface area (Å²) in [6.07, 6.45) is 0. The van der Waals surface area contributed by atoms with Crippen molar-refractivity contribution in [1.29, 1.82) is 0 Å². The summed E-state index contributed by atoms with van der Waals surface area (Å²) in [6, 6.07) is 6.33. The van der Waals surface area contributed by atoms with Gasteiger partial charge in [-0.2, -0.15) is 0 Å². The number of carboxylic acid groups (broad SMARTS) is 1. The Morgan fingerprint density at radius 2 is 2.00 bits per heavy atom. The van der Waals surface area contributed by atoms with Gasteiger partial charge in [-0.1, -0.05) is 23.7 Å². The average molecular weight is 225 g/mol. The van der Waals surface area contributed by atoms with E-state index in [9.17, 15) is 9.59 Å². The molecular formula is C10H5ClO4. The average Bonchev–Trinajstić information content (AvgIpc) is 2.23. The van der Waals surface area contributed by atoms with Crippen LogP contribution in [0.15, 0.2) is 33.5 Å². The van der Waals surface area contributed by atoms with Gasteiger partial charge in [-0.25, -0.2) is 4.79 Å². The van der Waals surface area contributed by atoms with Crippen molar-refractivity contribution in [3.8, 4) is 0 Å². The topological polar surface area (TPSA) is 67.5 Å². The second-order valence-electron chi connectivity index (χ2n) is 2.88. The van der Waals surface area contributed by atoms with Crippen LogP contribution in [0.25, 0.3) is 11.0 Å². The first-order valence-electron chi connectivity index (χ1n) is 4.06. The van der Waals surface area contributed by atoms with E-state index in [1.54, 1.807) is 12.1 Å². The van der Waals surface area contributed by atoms with E-state index in [0.717, 1.165) is 0 Å². The first-order valence-corrected chi connectivity index (χ1v) is 4.43. The van der Waals surface area contributed by atoms with Gasteiger partial charge >= 0.3 is 5.97 Å². The van der Waals surface area contributed by atoms with Crippen LogP contribution in [0.1, 0.15) is 10.6 Å². The van der Waals surface area contributed by atoms with Gasteiger partial charge in [0.15, 0.2) is 0 Å². The molecule has 0 saturated heterocycles. The molecule has 0 fully saturated rings. The van der Waals surface area contributed by atoms with Gasteiger partial charge in [0, 0.05) is 0 Å². The molecule has 0 spiro atoms. The molecule has 2 aromatic rings. The number of hydrogen-bond donors (Lipinski definition) is 1. The highest BCUT2D eigenvalue weighted by Gasteiger charge is 2.17.